The summed E-state index contributed by atoms with van der Waals surface area (Å²) in [6.45, 7) is 4.28. The minimum atomic E-state index is 0.824. The first kappa shape index (κ1) is 13.9. The average molecular weight is 267 g/mol. The molecule has 0 amide bonds. The molecule has 1 atom stereocenters. The first-order valence-electron chi connectivity index (χ1n) is 6.95. The lowest BCUT2D eigenvalue weighted by atomic mass is 9.93. The molecule has 1 saturated heterocycles. The second-order valence-corrected chi connectivity index (χ2v) is 5.74. The van der Waals surface area contributed by atoms with E-state index in [1.165, 1.54) is 37.9 Å². The van der Waals surface area contributed by atoms with E-state index in [2.05, 4.69) is 17.0 Å². The molecule has 0 aliphatic carbocycles. The van der Waals surface area contributed by atoms with Gasteiger partial charge in [-0.25, -0.2) is 0 Å². The number of nitrogens with two attached hydrogens (primary N) is 1. The van der Waals surface area contributed by atoms with Crippen LogP contribution in [0.2, 0.25) is 5.02 Å². The van der Waals surface area contributed by atoms with Crippen molar-refractivity contribution in [3.63, 3.8) is 0 Å². The highest BCUT2D eigenvalue weighted by molar-refractivity contribution is 6.30. The van der Waals surface area contributed by atoms with Crippen molar-refractivity contribution in [2.75, 3.05) is 19.6 Å². The van der Waals surface area contributed by atoms with E-state index in [-0.39, 0.29) is 0 Å². The van der Waals surface area contributed by atoms with Crippen molar-refractivity contribution in [1.29, 1.82) is 0 Å². The number of halogens is 1. The molecule has 1 heterocycles. The summed E-state index contributed by atoms with van der Waals surface area (Å²) in [5, 5.41) is 0.837. The first-order chi connectivity index (χ1) is 8.78. The van der Waals surface area contributed by atoms with E-state index in [1.54, 1.807) is 0 Å². The van der Waals surface area contributed by atoms with Crippen LogP contribution >= 0.6 is 11.6 Å². The third kappa shape index (κ3) is 4.27. The Morgan fingerprint density at radius 3 is 3.06 bits per heavy atom. The fourth-order valence-electron chi connectivity index (χ4n) is 2.83. The van der Waals surface area contributed by atoms with Crippen molar-refractivity contribution >= 4 is 11.6 Å². The van der Waals surface area contributed by atoms with E-state index >= 15 is 0 Å². The predicted molar refractivity (Wildman–Crippen MR) is 77.7 cm³/mol. The number of hydrogen-bond donors (Lipinski definition) is 1. The molecule has 18 heavy (non-hydrogen) atoms. The van der Waals surface area contributed by atoms with Crippen molar-refractivity contribution in [2.45, 2.75) is 32.2 Å². The SMILES string of the molecule is NCCCC1CCCN(Cc2cccc(Cl)c2)C1. The van der Waals surface area contributed by atoms with Crippen LogP contribution < -0.4 is 5.73 Å². The number of rotatable bonds is 5. The van der Waals surface area contributed by atoms with Gasteiger partial charge in [0.05, 0.1) is 0 Å². The maximum absolute atomic E-state index is 6.03. The molecule has 1 aliphatic heterocycles. The highest BCUT2D eigenvalue weighted by atomic mass is 35.5. The van der Waals surface area contributed by atoms with Gasteiger partial charge in [-0.2, -0.15) is 0 Å². The van der Waals surface area contributed by atoms with E-state index in [1.807, 2.05) is 12.1 Å². The number of likely N-dealkylation sites (tertiary alicyclic amines) is 1. The zero-order valence-electron chi connectivity index (χ0n) is 10.9. The summed E-state index contributed by atoms with van der Waals surface area (Å²) in [5.41, 5.74) is 6.91. The zero-order chi connectivity index (χ0) is 12.8. The average Bonchev–Trinajstić information content (AvgIpc) is 2.37. The smallest absolute Gasteiger partial charge is 0.0409 e. The molecule has 1 fully saturated rings. The molecular weight excluding hydrogens is 244 g/mol. The molecule has 0 radical (unpaired) electrons. The van der Waals surface area contributed by atoms with E-state index in [0.29, 0.717) is 0 Å². The molecule has 1 aromatic rings. The van der Waals surface area contributed by atoms with Gasteiger partial charge in [0.1, 0.15) is 0 Å². The Balaban J connectivity index is 1.85. The van der Waals surface area contributed by atoms with E-state index < -0.39 is 0 Å². The summed E-state index contributed by atoms with van der Waals surface area (Å²) in [7, 11) is 0. The minimum absolute atomic E-state index is 0.824. The topological polar surface area (TPSA) is 29.3 Å². The van der Waals surface area contributed by atoms with Crippen LogP contribution in [0.25, 0.3) is 0 Å². The Hall–Kier alpha value is -0.570. The number of piperidine rings is 1. The molecule has 0 bridgehead atoms. The van der Waals surface area contributed by atoms with Gasteiger partial charge in [-0.05, 0) is 62.4 Å². The Kier molecular flexibility index (Phi) is 5.48. The van der Waals surface area contributed by atoms with Crippen LogP contribution in [0.4, 0.5) is 0 Å². The van der Waals surface area contributed by atoms with Crippen LogP contribution in [0, 0.1) is 5.92 Å². The van der Waals surface area contributed by atoms with Crippen molar-refractivity contribution in [1.82, 2.24) is 4.90 Å². The lowest BCUT2D eigenvalue weighted by molar-refractivity contribution is 0.160. The minimum Gasteiger partial charge on any atom is -0.330 e. The van der Waals surface area contributed by atoms with Crippen molar-refractivity contribution < 1.29 is 0 Å². The summed E-state index contributed by atoms with van der Waals surface area (Å²) in [6, 6.07) is 8.21. The standard InChI is InChI=1S/C15H23ClN2/c16-15-7-1-4-14(10-15)12-18-9-3-6-13(11-18)5-2-8-17/h1,4,7,10,13H,2-3,5-6,8-9,11-12,17H2. The molecule has 100 valence electrons. The fraction of sp³-hybridized carbons (Fsp3) is 0.600. The highest BCUT2D eigenvalue weighted by Gasteiger charge is 2.19. The Morgan fingerprint density at radius 1 is 1.39 bits per heavy atom. The third-order valence-corrected chi connectivity index (χ3v) is 3.95. The molecule has 2 nitrogen and oxygen atoms in total. The number of benzene rings is 1. The maximum atomic E-state index is 6.03. The Bertz CT molecular complexity index is 367. The predicted octanol–water partition coefficient (Wildman–Crippen LogP) is 3.29. The van der Waals surface area contributed by atoms with Crippen molar-refractivity contribution in [2.24, 2.45) is 11.7 Å². The van der Waals surface area contributed by atoms with Crippen molar-refractivity contribution in [3.05, 3.63) is 34.9 Å². The van der Waals surface area contributed by atoms with E-state index in [0.717, 1.165) is 30.5 Å². The summed E-state index contributed by atoms with van der Waals surface area (Å²) >= 11 is 6.03. The maximum Gasteiger partial charge on any atom is 0.0409 e. The van der Waals surface area contributed by atoms with E-state index in [9.17, 15) is 0 Å². The van der Waals surface area contributed by atoms with Crippen LogP contribution in [0.15, 0.2) is 24.3 Å². The molecule has 1 aromatic carbocycles. The number of nitrogens with zero attached hydrogens (tertiary/aromatic N) is 1. The molecule has 1 unspecified atom stereocenters. The molecule has 0 saturated carbocycles. The molecular formula is C15H23ClN2. The zero-order valence-corrected chi connectivity index (χ0v) is 11.7. The monoisotopic (exact) mass is 266 g/mol. The quantitative estimate of drug-likeness (QED) is 0.886. The van der Waals surface area contributed by atoms with Crippen LogP contribution in [-0.2, 0) is 6.54 Å². The molecule has 2 N–H and O–H groups in total. The Labute approximate surface area is 115 Å². The fourth-order valence-corrected chi connectivity index (χ4v) is 3.04. The lowest BCUT2D eigenvalue weighted by Gasteiger charge is -2.32. The summed E-state index contributed by atoms with van der Waals surface area (Å²) in [4.78, 5) is 2.55. The molecule has 1 aliphatic rings. The molecule has 0 spiro atoms. The van der Waals surface area contributed by atoms with Crippen LogP contribution in [0.5, 0.6) is 0 Å². The van der Waals surface area contributed by atoms with Gasteiger partial charge in [-0.3, -0.25) is 4.90 Å². The van der Waals surface area contributed by atoms with Crippen molar-refractivity contribution in [3.8, 4) is 0 Å². The second kappa shape index (κ2) is 7.13. The van der Waals surface area contributed by atoms with Gasteiger partial charge in [0.25, 0.3) is 0 Å². The number of hydrogen-bond acceptors (Lipinski definition) is 2. The van der Waals surface area contributed by atoms with Gasteiger partial charge in [0.15, 0.2) is 0 Å². The third-order valence-electron chi connectivity index (χ3n) is 3.71. The largest absolute Gasteiger partial charge is 0.330 e. The van der Waals surface area contributed by atoms with Gasteiger partial charge >= 0.3 is 0 Å². The normalized spacial score (nSPS) is 21.1. The lowest BCUT2D eigenvalue weighted by Crippen LogP contribution is -2.35. The van der Waals surface area contributed by atoms with Gasteiger partial charge in [0.2, 0.25) is 0 Å². The summed E-state index contributed by atoms with van der Waals surface area (Å²) < 4.78 is 0. The van der Waals surface area contributed by atoms with Gasteiger partial charge < -0.3 is 5.73 Å². The summed E-state index contributed by atoms with van der Waals surface area (Å²) in [6.07, 6.45) is 5.13. The van der Waals surface area contributed by atoms with Crippen LogP contribution in [0.1, 0.15) is 31.2 Å². The van der Waals surface area contributed by atoms with Crippen LogP contribution in [-0.4, -0.2) is 24.5 Å². The first-order valence-corrected chi connectivity index (χ1v) is 7.32. The Morgan fingerprint density at radius 2 is 2.28 bits per heavy atom. The molecule has 3 heteroatoms. The van der Waals surface area contributed by atoms with Gasteiger partial charge in [0, 0.05) is 18.1 Å². The highest BCUT2D eigenvalue weighted by Crippen LogP contribution is 2.22. The summed E-state index contributed by atoms with van der Waals surface area (Å²) in [5.74, 6) is 0.835. The van der Waals surface area contributed by atoms with E-state index in [4.69, 9.17) is 17.3 Å². The van der Waals surface area contributed by atoms with Gasteiger partial charge in [-0.15, -0.1) is 0 Å². The second-order valence-electron chi connectivity index (χ2n) is 5.30. The van der Waals surface area contributed by atoms with Gasteiger partial charge in [-0.1, -0.05) is 23.7 Å². The molecule has 0 aromatic heterocycles. The van der Waals surface area contributed by atoms with Crippen LogP contribution in [0.3, 0.4) is 0 Å². The molecule has 2 rings (SSSR count).